The molecular formula is C21H29IN6O2S. The highest BCUT2D eigenvalue weighted by Crippen LogP contribution is 2.16. The Morgan fingerprint density at radius 1 is 1.26 bits per heavy atom. The summed E-state index contributed by atoms with van der Waals surface area (Å²) >= 11 is 1.73. The fraction of sp³-hybridized carbons (Fsp3) is 0.429. The first kappa shape index (κ1) is 25.1. The summed E-state index contributed by atoms with van der Waals surface area (Å²) in [6, 6.07) is 7.43. The van der Waals surface area contributed by atoms with E-state index < -0.39 is 0 Å². The van der Waals surface area contributed by atoms with Crippen molar-refractivity contribution in [2.75, 3.05) is 33.2 Å². The van der Waals surface area contributed by atoms with Gasteiger partial charge in [-0.15, -0.1) is 35.3 Å². The molecule has 3 N–H and O–H groups in total. The minimum absolute atomic E-state index is 0. The maximum atomic E-state index is 12.5. The van der Waals surface area contributed by atoms with Crippen LogP contribution in [0.5, 0.6) is 0 Å². The molecule has 0 radical (unpaired) electrons. The van der Waals surface area contributed by atoms with Gasteiger partial charge in [0, 0.05) is 50.1 Å². The molecule has 2 heterocycles. The van der Waals surface area contributed by atoms with Crippen LogP contribution in [0.2, 0.25) is 0 Å². The minimum atomic E-state index is -0.116. The number of carbonyl (C=O) groups is 2. The van der Waals surface area contributed by atoms with Crippen LogP contribution >= 0.6 is 35.3 Å². The molecule has 1 aromatic heterocycles. The summed E-state index contributed by atoms with van der Waals surface area (Å²) in [5.41, 5.74) is 2.73. The molecule has 2 aromatic rings. The summed E-state index contributed by atoms with van der Waals surface area (Å²) in [6.07, 6.45) is 0.853. The van der Waals surface area contributed by atoms with E-state index in [9.17, 15) is 9.59 Å². The molecule has 1 aliphatic heterocycles. The van der Waals surface area contributed by atoms with Crippen molar-refractivity contribution >= 4 is 53.1 Å². The third kappa shape index (κ3) is 7.17. The second-order valence-corrected chi connectivity index (χ2v) is 8.41. The van der Waals surface area contributed by atoms with Gasteiger partial charge in [0.2, 0.25) is 5.91 Å². The molecule has 8 nitrogen and oxygen atoms in total. The molecule has 3 rings (SSSR count). The number of carbonyl (C=O) groups excluding carboxylic acids is 2. The van der Waals surface area contributed by atoms with E-state index in [-0.39, 0.29) is 42.3 Å². The number of nitrogens with zero attached hydrogens (tertiary/aromatic N) is 3. The number of aromatic nitrogens is 1. The number of amides is 2. The average Bonchev–Trinajstić information content (AvgIpc) is 3.07. The number of benzene rings is 1. The smallest absolute Gasteiger partial charge is 0.254 e. The Morgan fingerprint density at radius 3 is 2.61 bits per heavy atom. The monoisotopic (exact) mass is 556 g/mol. The zero-order chi connectivity index (χ0) is 21.5. The standard InChI is InChI=1S/C21H28N6O2S.HI/c1-14-15(2)30-19(26-14)8-9-24-21(22-3)25-12-16-4-6-17(7-5-16)20(29)27-11-10-23-18(28)13-27;/h4-7H,8-13H2,1-3H3,(H,23,28)(H2,22,24,25);1H. The van der Waals surface area contributed by atoms with E-state index in [1.54, 1.807) is 35.4 Å². The maximum Gasteiger partial charge on any atom is 0.254 e. The van der Waals surface area contributed by atoms with Gasteiger partial charge >= 0.3 is 0 Å². The Bertz CT molecular complexity index is 909. The second kappa shape index (κ2) is 12.0. The fourth-order valence-corrected chi connectivity index (χ4v) is 4.03. The van der Waals surface area contributed by atoms with E-state index in [4.69, 9.17) is 0 Å². The summed E-state index contributed by atoms with van der Waals surface area (Å²) in [5.74, 6) is 0.489. The van der Waals surface area contributed by atoms with Crippen LogP contribution in [-0.2, 0) is 17.8 Å². The van der Waals surface area contributed by atoms with Gasteiger partial charge in [0.15, 0.2) is 5.96 Å². The molecule has 0 saturated carbocycles. The van der Waals surface area contributed by atoms with Crippen LogP contribution in [-0.4, -0.2) is 60.9 Å². The molecule has 168 valence electrons. The SMILES string of the molecule is CN=C(NCCc1nc(C)c(C)s1)NCc1ccc(C(=O)N2CCNC(=O)C2)cc1.I. The zero-order valence-electron chi connectivity index (χ0n) is 18.0. The third-order valence-electron chi connectivity index (χ3n) is 4.91. The van der Waals surface area contributed by atoms with Crippen molar-refractivity contribution in [1.82, 2.24) is 25.8 Å². The summed E-state index contributed by atoms with van der Waals surface area (Å²) in [4.78, 5) is 35.6. The van der Waals surface area contributed by atoms with Gasteiger partial charge in [-0.25, -0.2) is 4.98 Å². The quantitative estimate of drug-likeness (QED) is 0.287. The number of aliphatic imine (C=N–C) groups is 1. The van der Waals surface area contributed by atoms with E-state index in [2.05, 4.69) is 32.9 Å². The highest BCUT2D eigenvalue weighted by molar-refractivity contribution is 14.0. The van der Waals surface area contributed by atoms with Crippen LogP contribution in [0.3, 0.4) is 0 Å². The molecular weight excluding hydrogens is 527 g/mol. The molecule has 0 spiro atoms. The molecule has 2 amide bonds. The number of halogens is 1. The fourth-order valence-electron chi connectivity index (χ4n) is 3.10. The maximum absolute atomic E-state index is 12.5. The molecule has 10 heteroatoms. The van der Waals surface area contributed by atoms with Gasteiger partial charge < -0.3 is 20.9 Å². The van der Waals surface area contributed by atoms with Crippen molar-refractivity contribution in [3.05, 3.63) is 51.0 Å². The molecule has 1 saturated heterocycles. The van der Waals surface area contributed by atoms with Crippen molar-refractivity contribution < 1.29 is 9.59 Å². The van der Waals surface area contributed by atoms with Crippen LogP contribution in [0.25, 0.3) is 0 Å². The number of rotatable bonds is 6. The number of thiazole rings is 1. The van der Waals surface area contributed by atoms with E-state index >= 15 is 0 Å². The van der Waals surface area contributed by atoms with Crippen LogP contribution in [0.15, 0.2) is 29.3 Å². The van der Waals surface area contributed by atoms with Crippen molar-refractivity contribution in [3.8, 4) is 0 Å². The van der Waals surface area contributed by atoms with Crippen molar-refractivity contribution in [2.24, 2.45) is 4.99 Å². The summed E-state index contributed by atoms with van der Waals surface area (Å²) in [5, 5.41) is 10.4. The highest BCUT2D eigenvalue weighted by atomic mass is 127. The number of nitrogens with one attached hydrogen (secondary N) is 3. The summed E-state index contributed by atoms with van der Waals surface area (Å²) < 4.78 is 0. The normalized spacial score (nSPS) is 14.0. The number of piperazine rings is 1. The molecule has 0 bridgehead atoms. The third-order valence-corrected chi connectivity index (χ3v) is 6.05. The van der Waals surface area contributed by atoms with Crippen LogP contribution in [0.1, 0.15) is 31.5 Å². The van der Waals surface area contributed by atoms with Crippen molar-refractivity contribution in [3.63, 3.8) is 0 Å². The van der Waals surface area contributed by atoms with E-state index in [1.165, 1.54) is 4.88 Å². The number of aryl methyl sites for hydroxylation is 2. The topological polar surface area (TPSA) is 98.7 Å². The van der Waals surface area contributed by atoms with E-state index in [0.29, 0.717) is 25.2 Å². The van der Waals surface area contributed by atoms with Gasteiger partial charge in [-0.2, -0.15) is 0 Å². The van der Waals surface area contributed by atoms with E-state index in [0.717, 1.165) is 35.2 Å². The van der Waals surface area contributed by atoms with Gasteiger partial charge in [-0.1, -0.05) is 12.1 Å². The average molecular weight is 556 g/mol. The lowest BCUT2D eigenvalue weighted by Crippen LogP contribution is -2.49. The van der Waals surface area contributed by atoms with Crippen molar-refractivity contribution in [1.29, 1.82) is 0 Å². The van der Waals surface area contributed by atoms with Gasteiger partial charge in [0.1, 0.15) is 0 Å². The van der Waals surface area contributed by atoms with Crippen LogP contribution < -0.4 is 16.0 Å². The summed E-state index contributed by atoms with van der Waals surface area (Å²) in [6.45, 7) is 6.62. The lowest BCUT2D eigenvalue weighted by Gasteiger charge is -2.26. The first-order chi connectivity index (χ1) is 14.5. The van der Waals surface area contributed by atoms with E-state index in [1.807, 2.05) is 19.1 Å². The highest BCUT2D eigenvalue weighted by Gasteiger charge is 2.22. The molecule has 0 unspecified atom stereocenters. The Hall–Kier alpha value is -2.21. The van der Waals surface area contributed by atoms with Gasteiger partial charge in [-0.05, 0) is 31.5 Å². The minimum Gasteiger partial charge on any atom is -0.356 e. The van der Waals surface area contributed by atoms with Gasteiger partial charge in [0.05, 0.1) is 17.2 Å². The molecule has 31 heavy (non-hydrogen) atoms. The van der Waals surface area contributed by atoms with Crippen LogP contribution in [0.4, 0.5) is 0 Å². The Labute approximate surface area is 203 Å². The number of guanidine groups is 1. The first-order valence-electron chi connectivity index (χ1n) is 9.98. The Balaban J connectivity index is 0.00000341. The Kier molecular flexibility index (Phi) is 9.69. The largest absolute Gasteiger partial charge is 0.356 e. The second-order valence-electron chi connectivity index (χ2n) is 7.13. The predicted octanol–water partition coefficient (Wildman–Crippen LogP) is 1.86. The molecule has 0 atom stereocenters. The zero-order valence-corrected chi connectivity index (χ0v) is 21.2. The van der Waals surface area contributed by atoms with Crippen molar-refractivity contribution in [2.45, 2.75) is 26.8 Å². The molecule has 0 aliphatic carbocycles. The first-order valence-corrected chi connectivity index (χ1v) is 10.8. The Morgan fingerprint density at radius 2 is 2.00 bits per heavy atom. The number of hydrogen-bond acceptors (Lipinski definition) is 5. The summed E-state index contributed by atoms with van der Waals surface area (Å²) in [7, 11) is 1.74. The molecule has 1 aromatic carbocycles. The van der Waals surface area contributed by atoms with Crippen LogP contribution in [0, 0.1) is 13.8 Å². The lowest BCUT2D eigenvalue weighted by atomic mass is 10.1. The predicted molar refractivity (Wildman–Crippen MR) is 134 cm³/mol. The van der Waals surface area contributed by atoms with Gasteiger partial charge in [0.25, 0.3) is 5.91 Å². The number of hydrogen-bond donors (Lipinski definition) is 3. The van der Waals surface area contributed by atoms with Gasteiger partial charge in [-0.3, -0.25) is 14.6 Å². The molecule has 1 fully saturated rings. The molecule has 1 aliphatic rings. The lowest BCUT2D eigenvalue weighted by molar-refractivity contribution is -0.123.